The van der Waals surface area contributed by atoms with Gasteiger partial charge in [-0.15, -0.1) is 22.6 Å². The summed E-state index contributed by atoms with van der Waals surface area (Å²) < 4.78 is 0.869. The largest absolute Gasteiger partial charge is 0.330 e. The lowest BCUT2D eigenvalue weighted by Gasteiger charge is -2.05. The maximum atomic E-state index is 11.5. The molecule has 0 radical (unpaired) electrons. The minimum absolute atomic E-state index is 0. The number of nitrogens with zero attached hydrogens (tertiary/aromatic N) is 2. The molecule has 0 aromatic carbocycles. The number of halogens is 1. The van der Waals surface area contributed by atoms with Gasteiger partial charge in [0.25, 0.3) is 0 Å². The van der Waals surface area contributed by atoms with Crippen molar-refractivity contribution < 1.29 is 4.79 Å². The van der Waals surface area contributed by atoms with E-state index in [-0.39, 0.29) is 24.2 Å². The predicted molar refractivity (Wildman–Crippen MR) is 70.4 cm³/mol. The lowest BCUT2D eigenvalue weighted by Crippen LogP contribution is -2.26. The maximum absolute atomic E-state index is 11.5. The molecular formula is C8H15ClN4OS2. The van der Waals surface area contributed by atoms with Crippen LogP contribution in [0.5, 0.6) is 0 Å². The first-order valence-corrected chi connectivity index (χ1v) is 6.44. The van der Waals surface area contributed by atoms with E-state index in [4.69, 9.17) is 5.73 Å². The summed E-state index contributed by atoms with van der Waals surface area (Å²) in [5.74, 6) is 0.639. The molecule has 1 aromatic rings. The summed E-state index contributed by atoms with van der Waals surface area (Å²) in [6, 6.07) is 0. The zero-order valence-electron chi connectivity index (χ0n) is 9.10. The summed E-state index contributed by atoms with van der Waals surface area (Å²) in [6.07, 6.45) is 0. The number of carbonyl (C=O) groups is 1. The number of carbonyl (C=O) groups excluding carboxylic acids is 1. The third-order valence-electron chi connectivity index (χ3n) is 1.71. The molecule has 3 N–H and O–H groups in total. The maximum Gasteiger partial charge on any atom is 0.230 e. The van der Waals surface area contributed by atoms with E-state index in [9.17, 15) is 4.79 Å². The number of hydrogen-bond acceptors (Lipinski definition) is 6. The van der Waals surface area contributed by atoms with E-state index >= 15 is 0 Å². The highest BCUT2D eigenvalue weighted by Gasteiger charge is 2.13. The molecule has 1 amide bonds. The topological polar surface area (TPSA) is 80.9 Å². The van der Waals surface area contributed by atoms with Gasteiger partial charge in [-0.3, -0.25) is 4.79 Å². The predicted octanol–water partition coefficient (Wildman–Crippen LogP) is 1.61. The van der Waals surface area contributed by atoms with Gasteiger partial charge in [-0.2, -0.15) is 0 Å². The van der Waals surface area contributed by atoms with Gasteiger partial charge >= 0.3 is 0 Å². The third kappa shape index (κ3) is 4.65. The number of nitrogens with one attached hydrogen (secondary N) is 1. The van der Waals surface area contributed by atoms with Gasteiger partial charge in [0.1, 0.15) is 0 Å². The summed E-state index contributed by atoms with van der Waals surface area (Å²) in [6.45, 7) is 4.15. The molecule has 1 rings (SSSR count). The van der Waals surface area contributed by atoms with Crippen molar-refractivity contribution in [1.82, 2.24) is 10.2 Å². The first-order valence-electron chi connectivity index (χ1n) is 4.64. The lowest BCUT2D eigenvalue weighted by atomic mass is 10.2. The third-order valence-corrected chi connectivity index (χ3v) is 3.56. The molecule has 1 unspecified atom stereocenters. The van der Waals surface area contributed by atoms with E-state index in [1.165, 1.54) is 11.3 Å². The van der Waals surface area contributed by atoms with Gasteiger partial charge in [0.05, 0.1) is 0 Å². The number of nitrogens with two attached hydrogens (primary N) is 1. The Kier molecular flexibility index (Phi) is 7.65. The molecule has 0 bridgehead atoms. The van der Waals surface area contributed by atoms with Crippen LogP contribution in [0.15, 0.2) is 4.34 Å². The van der Waals surface area contributed by atoms with Crippen LogP contribution in [0, 0.1) is 5.92 Å². The first-order chi connectivity index (χ1) is 7.17. The van der Waals surface area contributed by atoms with Crippen molar-refractivity contribution in [2.75, 3.05) is 17.6 Å². The van der Waals surface area contributed by atoms with Crippen LogP contribution in [0.3, 0.4) is 0 Å². The molecule has 92 valence electrons. The van der Waals surface area contributed by atoms with Crippen LogP contribution < -0.4 is 11.1 Å². The molecule has 0 aliphatic rings. The summed E-state index contributed by atoms with van der Waals surface area (Å²) in [4.78, 5) is 11.5. The molecule has 0 saturated heterocycles. The fourth-order valence-corrected chi connectivity index (χ4v) is 2.43. The van der Waals surface area contributed by atoms with E-state index in [2.05, 4.69) is 15.5 Å². The van der Waals surface area contributed by atoms with Crippen LogP contribution in [0.25, 0.3) is 0 Å². The molecule has 1 heterocycles. The second-order valence-corrected chi connectivity index (χ2v) is 5.42. The van der Waals surface area contributed by atoms with Crippen LogP contribution in [0.4, 0.5) is 5.13 Å². The second kappa shape index (κ2) is 7.83. The molecule has 5 nitrogen and oxygen atoms in total. The van der Waals surface area contributed by atoms with Gasteiger partial charge in [-0.05, 0) is 5.75 Å². The molecule has 1 aromatic heterocycles. The van der Waals surface area contributed by atoms with Gasteiger partial charge in [-0.1, -0.05) is 36.9 Å². The number of anilines is 1. The molecule has 16 heavy (non-hydrogen) atoms. The van der Waals surface area contributed by atoms with Crippen LogP contribution in [0.2, 0.25) is 0 Å². The minimum Gasteiger partial charge on any atom is -0.330 e. The number of thioether (sulfide) groups is 1. The van der Waals surface area contributed by atoms with Crippen molar-refractivity contribution in [1.29, 1.82) is 0 Å². The minimum atomic E-state index is -0.198. The van der Waals surface area contributed by atoms with E-state index in [0.717, 1.165) is 10.1 Å². The quantitative estimate of drug-likeness (QED) is 0.633. The molecular weight excluding hydrogens is 268 g/mol. The summed E-state index contributed by atoms with van der Waals surface area (Å²) in [5.41, 5.74) is 5.38. The van der Waals surface area contributed by atoms with Crippen molar-refractivity contribution in [3.05, 3.63) is 0 Å². The summed E-state index contributed by atoms with van der Waals surface area (Å²) in [7, 11) is 0. The second-order valence-electron chi connectivity index (χ2n) is 2.93. The van der Waals surface area contributed by atoms with E-state index < -0.39 is 0 Å². The number of hydrogen-bond donors (Lipinski definition) is 2. The van der Waals surface area contributed by atoms with Gasteiger partial charge in [0.15, 0.2) is 4.34 Å². The Morgan fingerprint density at radius 1 is 1.62 bits per heavy atom. The van der Waals surface area contributed by atoms with E-state index in [0.29, 0.717) is 11.7 Å². The fraction of sp³-hybridized carbons (Fsp3) is 0.625. The zero-order chi connectivity index (χ0) is 11.3. The van der Waals surface area contributed by atoms with E-state index in [1.54, 1.807) is 18.7 Å². The first kappa shape index (κ1) is 15.6. The Balaban J connectivity index is 0.00000225. The van der Waals surface area contributed by atoms with Crippen molar-refractivity contribution in [3.8, 4) is 0 Å². The SMILES string of the molecule is CCSc1nnc(NC(=O)C(C)CN)s1.Cl. The van der Waals surface area contributed by atoms with Crippen LogP contribution in [0.1, 0.15) is 13.8 Å². The number of amides is 1. The molecule has 8 heteroatoms. The normalized spacial score (nSPS) is 11.7. The van der Waals surface area contributed by atoms with Crippen molar-refractivity contribution in [2.24, 2.45) is 11.7 Å². The van der Waals surface area contributed by atoms with E-state index in [1.807, 2.05) is 6.92 Å². The van der Waals surface area contributed by atoms with Gasteiger partial charge in [0, 0.05) is 12.5 Å². The highest BCUT2D eigenvalue weighted by molar-refractivity contribution is 8.01. The van der Waals surface area contributed by atoms with Crippen molar-refractivity contribution in [2.45, 2.75) is 18.2 Å². The molecule has 1 atom stereocenters. The molecule has 0 aliphatic carbocycles. The van der Waals surface area contributed by atoms with Crippen LogP contribution >= 0.6 is 35.5 Å². The standard InChI is InChI=1S/C8H14N4OS2.ClH/c1-3-14-8-12-11-7(15-8)10-6(13)5(2)4-9;/h5H,3-4,9H2,1-2H3,(H,10,11,13);1H. The fourth-order valence-electron chi connectivity index (χ4n) is 0.778. The molecule has 0 fully saturated rings. The monoisotopic (exact) mass is 282 g/mol. The summed E-state index contributed by atoms with van der Waals surface area (Å²) in [5, 5.41) is 11.0. The molecule has 0 spiro atoms. The molecule has 0 aliphatic heterocycles. The Morgan fingerprint density at radius 2 is 2.31 bits per heavy atom. The lowest BCUT2D eigenvalue weighted by molar-refractivity contribution is -0.119. The Bertz CT molecular complexity index is 334. The zero-order valence-corrected chi connectivity index (χ0v) is 11.5. The van der Waals surface area contributed by atoms with Crippen molar-refractivity contribution >= 4 is 46.5 Å². The number of aromatic nitrogens is 2. The van der Waals surface area contributed by atoms with Gasteiger partial charge in [-0.25, -0.2) is 0 Å². The average Bonchev–Trinajstić information content (AvgIpc) is 2.65. The average molecular weight is 283 g/mol. The van der Waals surface area contributed by atoms with Gasteiger partial charge in [0.2, 0.25) is 11.0 Å². The highest BCUT2D eigenvalue weighted by atomic mass is 35.5. The van der Waals surface area contributed by atoms with Crippen LogP contribution in [-0.4, -0.2) is 28.4 Å². The Labute approximate surface area is 109 Å². The highest BCUT2D eigenvalue weighted by Crippen LogP contribution is 2.25. The van der Waals surface area contributed by atoms with Gasteiger partial charge < -0.3 is 11.1 Å². The number of rotatable bonds is 5. The smallest absolute Gasteiger partial charge is 0.230 e. The molecule has 0 saturated carbocycles. The van der Waals surface area contributed by atoms with Crippen molar-refractivity contribution in [3.63, 3.8) is 0 Å². The Morgan fingerprint density at radius 3 is 2.88 bits per heavy atom. The Hall–Kier alpha value is -0.370. The summed E-state index contributed by atoms with van der Waals surface area (Å²) >= 11 is 2.99. The van der Waals surface area contributed by atoms with Crippen LogP contribution in [-0.2, 0) is 4.79 Å².